The second-order valence-corrected chi connectivity index (χ2v) is 7.25. The summed E-state index contributed by atoms with van der Waals surface area (Å²) in [5, 5.41) is 4.68. The van der Waals surface area contributed by atoms with Gasteiger partial charge in [-0.1, -0.05) is 18.3 Å². The van der Waals surface area contributed by atoms with Gasteiger partial charge in [0.2, 0.25) is 4.96 Å². The summed E-state index contributed by atoms with van der Waals surface area (Å²) < 4.78 is 6.53. The molecule has 0 fully saturated rings. The number of aryl methyl sites for hydroxylation is 3. The van der Waals surface area contributed by atoms with Gasteiger partial charge in [-0.25, -0.2) is 9.78 Å². The lowest BCUT2D eigenvalue weighted by molar-refractivity contribution is 0.0477. The molecule has 0 saturated heterocycles. The maximum Gasteiger partial charge on any atom is 0.348 e. The lowest BCUT2D eigenvalue weighted by atomic mass is 10.2. The van der Waals surface area contributed by atoms with Crippen LogP contribution >= 0.6 is 22.7 Å². The van der Waals surface area contributed by atoms with Crippen molar-refractivity contribution < 1.29 is 9.53 Å². The molecule has 0 bridgehead atoms. The van der Waals surface area contributed by atoms with Gasteiger partial charge in [0, 0.05) is 16.6 Å². The first kappa shape index (κ1) is 15.8. The first-order chi connectivity index (χ1) is 11.0. The number of carbonyl (C=O) groups excluding carboxylic acids is 1. The summed E-state index contributed by atoms with van der Waals surface area (Å²) in [6.45, 7) is 5.83. The van der Waals surface area contributed by atoms with E-state index in [1.807, 2.05) is 13.0 Å². The van der Waals surface area contributed by atoms with Crippen molar-refractivity contribution in [2.75, 3.05) is 0 Å². The molecule has 0 radical (unpaired) electrons. The van der Waals surface area contributed by atoms with Gasteiger partial charge in [-0.2, -0.15) is 9.61 Å². The number of rotatable bonds is 4. The summed E-state index contributed by atoms with van der Waals surface area (Å²) in [5.74, 6) is -0.367. The minimum atomic E-state index is -0.367. The maximum absolute atomic E-state index is 12.1. The highest BCUT2D eigenvalue weighted by Crippen LogP contribution is 2.23. The van der Waals surface area contributed by atoms with Crippen LogP contribution in [-0.2, 0) is 17.8 Å². The van der Waals surface area contributed by atoms with Crippen LogP contribution in [0.3, 0.4) is 0 Å². The van der Waals surface area contributed by atoms with Crippen molar-refractivity contribution in [1.29, 1.82) is 0 Å². The number of thiophene rings is 1. The van der Waals surface area contributed by atoms with E-state index in [2.05, 4.69) is 17.0 Å². The smallest absolute Gasteiger partial charge is 0.348 e. The number of carbonyl (C=O) groups is 1. The number of ether oxygens (including phenoxy) is 1. The van der Waals surface area contributed by atoms with Gasteiger partial charge in [0.05, 0.1) is 0 Å². The topological polar surface area (TPSA) is 73.6 Å². The zero-order valence-corrected chi connectivity index (χ0v) is 14.6. The molecule has 0 spiro atoms. The summed E-state index contributed by atoms with van der Waals surface area (Å²) in [5.41, 5.74) is 1.52. The Hall–Kier alpha value is -2.06. The molecular weight excluding hydrogens is 334 g/mol. The van der Waals surface area contributed by atoms with Crippen LogP contribution in [0.4, 0.5) is 0 Å². The van der Waals surface area contributed by atoms with Gasteiger partial charge in [-0.15, -0.1) is 11.3 Å². The summed E-state index contributed by atoms with van der Waals surface area (Å²) in [6.07, 6.45) is 0.898. The number of fused-ring (bicyclic) bond motifs is 1. The van der Waals surface area contributed by atoms with Gasteiger partial charge in [0.15, 0.2) is 5.01 Å². The van der Waals surface area contributed by atoms with Crippen LogP contribution in [0.2, 0.25) is 0 Å². The van der Waals surface area contributed by atoms with Crippen molar-refractivity contribution in [2.24, 2.45) is 0 Å². The molecule has 120 valence electrons. The van der Waals surface area contributed by atoms with Crippen molar-refractivity contribution in [3.05, 3.63) is 48.5 Å². The predicted octanol–water partition coefficient (Wildman–Crippen LogP) is 2.75. The van der Waals surface area contributed by atoms with E-state index < -0.39 is 0 Å². The highest BCUT2D eigenvalue weighted by Gasteiger charge is 2.15. The molecule has 8 heteroatoms. The van der Waals surface area contributed by atoms with E-state index in [0.29, 0.717) is 20.5 Å². The van der Waals surface area contributed by atoms with Crippen molar-refractivity contribution >= 4 is 33.6 Å². The summed E-state index contributed by atoms with van der Waals surface area (Å²) in [4.78, 5) is 30.4. The Balaban J connectivity index is 1.76. The van der Waals surface area contributed by atoms with E-state index in [-0.39, 0.29) is 18.1 Å². The Morgan fingerprint density at radius 2 is 2.09 bits per heavy atom. The minimum absolute atomic E-state index is 0.0315. The molecule has 0 unspecified atom stereocenters. The van der Waals surface area contributed by atoms with Crippen LogP contribution < -0.4 is 5.56 Å². The highest BCUT2D eigenvalue weighted by atomic mass is 32.1. The summed E-state index contributed by atoms with van der Waals surface area (Å²) >= 11 is 2.70. The molecule has 3 heterocycles. The van der Waals surface area contributed by atoms with Gasteiger partial charge < -0.3 is 4.74 Å². The molecule has 23 heavy (non-hydrogen) atoms. The van der Waals surface area contributed by atoms with Crippen molar-refractivity contribution in [3.63, 3.8) is 0 Å². The molecule has 0 aliphatic rings. The van der Waals surface area contributed by atoms with Gasteiger partial charge in [0.1, 0.15) is 11.5 Å². The number of hydrogen-bond donors (Lipinski definition) is 0. The van der Waals surface area contributed by atoms with Crippen LogP contribution in [0.15, 0.2) is 16.9 Å². The number of nitrogens with zero attached hydrogens (tertiary/aromatic N) is 3. The van der Waals surface area contributed by atoms with E-state index in [1.165, 1.54) is 38.1 Å². The van der Waals surface area contributed by atoms with Crippen LogP contribution in [0.25, 0.3) is 4.96 Å². The summed E-state index contributed by atoms with van der Waals surface area (Å²) in [6, 6.07) is 3.27. The molecule has 3 aromatic heterocycles. The molecule has 0 aliphatic carbocycles. The first-order valence-electron chi connectivity index (χ1n) is 7.10. The van der Waals surface area contributed by atoms with Gasteiger partial charge in [-0.3, -0.25) is 4.79 Å². The second-order valence-electron chi connectivity index (χ2n) is 5.07. The lowest BCUT2D eigenvalue weighted by Crippen LogP contribution is -2.14. The van der Waals surface area contributed by atoms with E-state index in [1.54, 1.807) is 6.92 Å². The fraction of sp³-hybridized carbons (Fsp3) is 0.333. The van der Waals surface area contributed by atoms with Crippen LogP contribution in [-0.4, -0.2) is 20.6 Å². The molecule has 0 aliphatic heterocycles. The van der Waals surface area contributed by atoms with Gasteiger partial charge >= 0.3 is 5.97 Å². The fourth-order valence-corrected chi connectivity index (χ4v) is 4.05. The Morgan fingerprint density at radius 3 is 2.78 bits per heavy atom. The predicted molar refractivity (Wildman–Crippen MR) is 89.4 cm³/mol. The number of hydrogen-bond acceptors (Lipinski definition) is 7. The normalized spacial score (nSPS) is 11.1. The first-order valence-corrected chi connectivity index (χ1v) is 8.74. The third-order valence-corrected chi connectivity index (χ3v) is 5.53. The Morgan fingerprint density at radius 1 is 1.30 bits per heavy atom. The number of esters is 1. The third-order valence-electron chi connectivity index (χ3n) is 3.28. The highest BCUT2D eigenvalue weighted by molar-refractivity contribution is 7.16. The van der Waals surface area contributed by atoms with E-state index in [4.69, 9.17) is 4.74 Å². The standard InChI is InChI=1S/C15H15N3O3S2/c1-4-10-8(2)5-11(22-10)14(20)21-7-12-17-18-13(19)6-9(3)16-15(18)23-12/h5-6H,4,7H2,1-3H3. The zero-order chi connectivity index (χ0) is 16.6. The molecule has 0 N–H and O–H groups in total. The maximum atomic E-state index is 12.1. The minimum Gasteiger partial charge on any atom is -0.454 e. The molecule has 0 saturated carbocycles. The molecular formula is C15H15N3O3S2. The monoisotopic (exact) mass is 349 g/mol. The average molecular weight is 349 g/mol. The molecule has 6 nitrogen and oxygen atoms in total. The fourth-order valence-electron chi connectivity index (χ4n) is 2.19. The molecule has 3 rings (SSSR count). The Kier molecular flexibility index (Phi) is 4.27. The van der Waals surface area contributed by atoms with Gasteiger partial charge in [-0.05, 0) is 31.9 Å². The Labute approximate surface area is 140 Å². The van der Waals surface area contributed by atoms with Crippen LogP contribution in [0.5, 0.6) is 0 Å². The van der Waals surface area contributed by atoms with Gasteiger partial charge in [0.25, 0.3) is 5.56 Å². The largest absolute Gasteiger partial charge is 0.454 e. The van der Waals surface area contributed by atoms with Crippen molar-refractivity contribution in [2.45, 2.75) is 33.8 Å². The SMILES string of the molecule is CCc1sc(C(=O)OCc2nn3c(=O)cc(C)nc3s2)cc1C. The number of aromatic nitrogens is 3. The molecule has 0 atom stereocenters. The zero-order valence-electron chi connectivity index (χ0n) is 13.0. The van der Waals surface area contributed by atoms with Crippen LogP contribution in [0.1, 0.15) is 37.7 Å². The third kappa shape index (κ3) is 3.18. The quantitative estimate of drug-likeness (QED) is 0.677. The summed E-state index contributed by atoms with van der Waals surface area (Å²) in [7, 11) is 0. The van der Waals surface area contributed by atoms with E-state index in [0.717, 1.165) is 12.0 Å². The van der Waals surface area contributed by atoms with Crippen LogP contribution in [0, 0.1) is 13.8 Å². The molecule has 3 aromatic rings. The molecule has 0 aromatic carbocycles. The lowest BCUT2D eigenvalue weighted by Gasteiger charge is -1.99. The second kappa shape index (κ2) is 6.21. The van der Waals surface area contributed by atoms with Crippen molar-refractivity contribution in [1.82, 2.24) is 14.6 Å². The van der Waals surface area contributed by atoms with E-state index in [9.17, 15) is 9.59 Å². The Bertz CT molecular complexity index is 939. The van der Waals surface area contributed by atoms with E-state index >= 15 is 0 Å². The molecule has 0 amide bonds. The van der Waals surface area contributed by atoms with Crippen molar-refractivity contribution in [3.8, 4) is 0 Å². The average Bonchev–Trinajstić information content (AvgIpc) is 3.08.